The molecule has 1 aromatic carbocycles. The van der Waals surface area contributed by atoms with Gasteiger partial charge in [0.1, 0.15) is 0 Å². The minimum Gasteiger partial charge on any atom is -0.328 e. The lowest BCUT2D eigenvalue weighted by Gasteiger charge is -2.19. The van der Waals surface area contributed by atoms with Gasteiger partial charge in [0, 0.05) is 28.8 Å². The molecule has 0 radical (unpaired) electrons. The van der Waals surface area contributed by atoms with Crippen LogP contribution in [-0.2, 0) is 0 Å². The van der Waals surface area contributed by atoms with Crippen molar-refractivity contribution < 1.29 is 0 Å². The number of hydrogen-bond donors (Lipinski definition) is 1. The molecular weight excluding hydrogens is 316 g/mol. The average Bonchev–Trinajstić information content (AvgIpc) is 2.89. The molecule has 120 valence electrons. The molecule has 0 amide bonds. The molecule has 2 aliphatic rings. The molecule has 1 atom stereocenters. The number of H-pyrrole nitrogens is 1. The molecule has 1 aromatic heterocycles. The van der Waals surface area contributed by atoms with E-state index in [1.54, 1.807) is 18.1 Å². The zero-order valence-corrected chi connectivity index (χ0v) is 14.3. The fourth-order valence-corrected chi connectivity index (χ4v) is 4.49. The molecule has 1 aliphatic carbocycles. The number of fused-ring (bicyclic) bond motifs is 2. The fourth-order valence-electron chi connectivity index (χ4n) is 3.22. The zero-order valence-electron chi connectivity index (χ0n) is 13.5. The van der Waals surface area contributed by atoms with Gasteiger partial charge in [0.15, 0.2) is 0 Å². The van der Waals surface area contributed by atoms with Crippen molar-refractivity contribution in [3.63, 3.8) is 0 Å². The van der Waals surface area contributed by atoms with Crippen molar-refractivity contribution in [3.05, 3.63) is 81.1 Å². The van der Waals surface area contributed by atoms with Crippen LogP contribution in [0.25, 0.3) is 10.6 Å². The van der Waals surface area contributed by atoms with Gasteiger partial charge >= 0.3 is 0 Å². The molecule has 1 aliphatic heterocycles. The summed E-state index contributed by atoms with van der Waals surface area (Å²) in [5.41, 5.74) is 5.69. The smallest absolute Gasteiger partial charge is 0.263 e. The Bertz CT molecular complexity index is 1030. The molecule has 2 heterocycles. The third kappa shape index (κ3) is 2.64. The summed E-state index contributed by atoms with van der Waals surface area (Å²) < 4.78 is 2.35. The second-order valence-electron chi connectivity index (χ2n) is 6.07. The van der Waals surface area contributed by atoms with Crippen LogP contribution >= 0.6 is 11.9 Å². The van der Waals surface area contributed by atoms with Crippen LogP contribution in [0.5, 0.6) is 0 Å². The summed E-state index contributed by atoms with van der Waals surface area (Å²) in [6.07, 6.45) is 8.41. The van der Waals surface area contributed by atoms with Crippen molar-refractivity contribution in [2.45, 2.75) is 19.3 Å². The Hall–Kier alpha value is -2.42. The minimum absolute atomic E-state index is 0.0904. The highest BCUT2D eigenvalue weighted by Crippen LogP contribution is 2.42. The standard InChI is InChI=1S/C20H18N2OS/c1-14-13-22(18-9-6-5-7-15(14)18)24-19-10-4-2-3-8-17-16(19)11-12-21-20(17)23/h2-7,9,11-12,14H,10,13H2,1H3,(H,21,23)/b4-2-,19-16+. The van der Waals surface area contributed by atoms with Gasteiger partial charge in [-0.15, -0.1) is 5.73 Å². The first-order valence-electron chi connectivity index (χ1n) is 8.11. The number of nitrogens with zero attached hydrogens (tertiary/aromatic N) is 1. The summed E-state index contributed by atoms with van der Waals surface area (Å²) in [5, 5.41) is 1.59. The predicted octanol–water partition coefficient (Wildman–Crippen LogP) is 2.65. The highest BCUT2D eigenvalue weighted by molar-refractivity contribution is 8.09. The summed E-state index contributed by atoms with van der Waals surface area (Å²) in [6, 6.07) is 10.5. The van der Waals surface area contributed by atoms with E-state index in [9.17, 15) is 4.79 Å². The number of rotatable bonds is 2. The van der Waals surface area contributed by atoms with Crippen LogP contribution in [0.2, 0.25) is 0 Å². The molecule has 0 spiro atoms. The second kappa shape index (κ2) is 6.23. The van der Waals surface area contributed by atoms with Crippen LogP contribution in [0.3, 0.4) is 0 Å². The quantitative estimate of drug-likeness (QED) is 0.858. The number of benzene rings is 1. The molecular formula is C20H18N2OS. The highest BCUT2D eigenvalue weighted by atomic mass is 32.2. The van der Waals surface area contributed by atoms with Crippen molar-refractivity contribution in [1.82, 2.24) is 4.98 Å². The normalized spacial score (nSPS) is 22.2. The fraction of sp³-hybridized carbons (Fsp3) is 0.200. The molecule has 4 rings (SSSR count). The van der Waals surface area contributed by atoms with Gasteiger partial charge in [0.25, 0.3) is 5.56 Å². The Kier molecular flexibility index (Phi) is 3.93. The molecule has 0 saturated heterocycles. The van der Waals surface area contributed by atoms with Crippen molar-refractivity contribution in [2.75, 3.05) is 10.8 Å². The zero-order chi connectivity index (χ0) is 16.5. The molecule has 0 fully saturated rings. The lowest BCUT2D eigenvalue weighted by molar-refractivity contribution is 0.834. The number of pyridine rings is 1. The molecule has 24 heavy (non-hydrogen) atoms. The molecule has 3 nitrogen and oxygen atoms in total. The van der Waals surface area contributed by atoms with E-state index in [1.165, 1.54) is 16.2 Å². The highest BCUT2D eigenvalue weighted by Gasteiger charge is 2.26. The number of allylic oxidation sites excluding steroid dienone is 3. The van der Waals surface area contributed by atoms with Gasteiger partial charge < -0.3 is 9.29 Å². The van der Waals surface area contributed by atoms with Gasteiger partial charge in [-0.25, -0.2) is 0 Å². The largest absolute Gasteiger partial charge is 0.328 e. The van der Waals surface area contributed by atoms with Crippen LogP contribution in [-0.4, -0.2) is 11.5 Å². The van der Waals surface area contributed by atoms with Gasteiger partial charge in [-0.3, -0.25) is 4.79 Å². The SMILES string of the molecule is CC1CN(S/C2=c3\cc[nH]c(=O)c3=C=C/C=C\C2)c2ccccc21. The van der Waals surface area contributed by atoms with Crippen molar-refractivity contribution in [2.24, 2.45) is 0 Å². The van der Waals surface area contributed by atoms with E-state index in [2.05, 4.69) is 52.3 Å². The van der Waals surface area contributed by atoms with Gasteiger partial charge in [-0.2, -0.15) is 0 Å². The number of aromatic amines is 1. The van der Waals surface area contributed by atoms with E-state index in [-0.39, 0.29) is 5.56 Å². The van der Waals surface area contributed by atoms with Gasteiger partial charge in [0.2, 0.25) is 0 Å². The molecule has 1 N–H and O–H groups in total. The van der Waals surface area contributed by atoms with E-state index in [0.717, 1.165) is 18.2 Å². The number of nitrogens with one attached hydrogen (secondary N) is 1. The Morgan fingerprint density at radius 2 is 2.17 bits per heavy atom. The number of para-hydroxylation sites is 1. The van der Waals surface area contributed by atoms with Crippen molar-refractivity contribution in [3.8, 4) is 0 Å². The maximum absolute atomic E-state index is 12.2. The minimum atomic E-state index is -0.0904. The maximum atomic E-state index is 12.2. The summed E-state index contributed by atoms with van der Waals surface area (Å²) in [4.78, 5) is 16.1. The number of aromatic nitrogens is 1. The molecule has 2 aromatic rings. The first-order chi connectivity index (χ1) is 11.7. The Labute approximate surface area is 144 Å². The lowest BCUT2D eigenvalue weighted by Crippen LogP contribution is -2.40. The van der Waals surface area contributed by atoms with Crippen LogP contribution in [0, 0.1) is 0 Å². The monoisotopic (exact) mass is 334 g/mol. The summed E-state index contributed by atoms with van der Waals surface area (Å²) in [6.45, 7) is 3.24. The maximum Gasteiger partial charge on any atom is 0.263 e. The van der Waals surface area contributed by atoms with Crippen LogP contribution in [0.4, 0.5) is 5.69 Å². The van der Waals surface area contributed by atoms with E-state index in [0.29, 0.717) is 11.1 Å². The third-order valence-electron chi connectivity index (χ3n) is 4.42. The summed E-state index contributed by atoms with van der Waals surface area (Å²) in [7, 11) is 0. The van der Waals surface area contributed by atoms with Gasteiger partial charge in [-0.1, -0.05) is 37.3 Å². The number of hydrogen-bond acceptors (Lipinski definition) is 3. The van der Waals surface area contributed by atoms with Crippen LogP contribution in [0.1, 0.15) is 24.8 Å². The second-order valence-corrected chi connectivity index (χ2v) is 7.19. The average molecular weight is 334 g/mol. The molecule has 1 unspecified atom stereocenters. The van der Waals surface area contributed by atoms with Crippen molar-refractivity contribution in [1.29, 1.82) is 0 Å². The van der Waals surface area contributed by atoms with Crippen LogP contribution < -0.4 is 20.3 Å². The van der Waals surface area contributed by atoms with Gasteiger partial charge in [-0.05, 0) is 42.1 Å². The van der Waals surface area contributed by atoms with Crippen molar-refractivity contribution >= 4 is 28.3 Å². The number of anilines is 1. The molecule has 0 saturated carbocycles. The van der Waals surface area contributed by atoms with E-state index in [4.69, 9.17) is 0 Å². The third-order valence-corrected chi connectivity index (χ3v) is 5.59. The summed E-state index contributed by atoms with van der Waals surface area (Å²) >= 11 is 1.74. The lowest BCUT2D eigenvalue weighted by atomic mass is 10.0. The van der Waals surface area contributed by atoms with Gasteiger partial charge in [0.05, 0.1) is 10.9 Å². The molecule has 4 heteroatoms. The van der Waals surface area contributed by atoms with E-state index >= 15 is 0 Å². The Morgan fingerprint density at radius 1 is 1.29 bits per heavy atom. The predicted molar refractivity (Wildman–Crippen MR) is 101 cm³/mol. The van der Waals surface area contributed by atoms with E-state index in [1.807, 2.05) is 18.2 Å². The first-order valence-corrected chi connectivity index (χ1v) is 8.88. The topological polar surface area (TPSA) is 36.1 Å². The molecule has 0 bridgehead atoms. The van der Waals surface area contributed by atoms with E-state index < -0.39 is 0 Å². The van der Waals surface area contributed by atoms with Crippen LogP contribution in [0.15, 0.2) is 59.6 Å². The Morgan fingerprint density at radius 3 is 3.08 bits per heavy atom. The first kappa shape index (κ1) is 15.1. The Balaban J connectivity index is 1.85. The summed E-state index contributed by atoms with van der Waals surface area (Å²) in [5.74, 6) is 0.517.